The molecular formula is C12H10ClFN4O3. The SMILES string of the molecule is O=C1NC(=O)C2(CCN(C(=O)c3cc(F)cnc3Cl)C2)N1. The van der Waals surface area contributed by atoms with Gasteiger partial charge >= 0.3 is 6.03 Å². The summed E-state index contributed by atoms with van der Waals surface area (Å²) in [5, 5.41) is 4.56. The maximum atomic E-state index is 13.2. The minimum atomic E-state index is -1.11. The number of urea groups is 1. The lowest BCUT2D eigenvalue weighted by Crippen LogP contribution is -2.49. The number of carbonyl (C=O) groups is 3. The van der Waals surface area contributed by atoms with E-state index in [1.807, 2.05) is 0 Å². The average Bonchev–Trinajstić information content (AvgIpc) is 2.97. The first-order valence-electron chi connectivity index (χ1n) is 6.15. The lowest BCUT2D eigenvalue weighted by atomic mass is 9.99. The zero-order chi connectivity index (χ0) is 15.2. The van der Waals surface area contributed by atoms with E-state index in [0.29, 0.717) is 0 Å². The van der Waals surface area contributed by atoms with Gasteiger partial charge in [0.1, 0.15) is 16.5 Å². The Balaban J connectivity index is 1.83. The van der Waals surface area contributed by atoms with Gasteiger partial charge in [-0.2, -0.15) is 0 Å². The topological polar surface area (TPSA) is 91.4 Å². The fourth-order valence-electron chi connectivity index (χ4n) is 2.54. The molecule has 2 fully saturated rings. The second-order valence-electron chi connectivity index (χ2n) is 4.96. The van der Waals surface area contributed by atoms with Crippen LogP contribution < -0.4 is 10.6 Å². The van der Waals surface area contributed by atoms with Crippen molar-refractivity contribution in [3.8, 4) is 0 Å². The number of carbonyl (C=O) groups excluding carboxylic acids is 3. The molecule has 9 heteroatoms. The number of hydrogen-bond acceptors (Lipinski definition) is 4. The molecule has 0 bridgehead atoms. The Morgan fingerprint density at radius 2 is 2.24 bits per heavy atom. The molecular weight excluding hydrogens is 303 g/mol. The number of likely N-dealkylation sites (tertiary alicyclic amines) is 1. The summed E-state index contributed by atoms with van der Waals surface area (Å²) in [5.41, 5.74) is -1.18. The quantitative estimate of drug-likeness (QED) is 0.576. The molecule has 1 aromatic heterocycles. The molecule has 0 radical (unpaired) electrons. The number of amides is 4. The van der Waals surface area contributed by atoms with E-state index in [4.69, 9.17) is 11.6 Å². The zero-order valence-electron chi connectivity index (χ0n) is 10.7. The predicted molar refractivity (Wildman–Crippen MR) is 69.1 cm³/mol. The average molecular weight is 313 g/mol. The third-order valence-corrected chi connectivity index (χ3v) is 3.91. The van der Waals surface area contributed by atoms with Gasteiger partial charge in [-0.15, -0.1) is 0 Å². The van der Waals surface area contributed by atoms with Crippen molar-refractivity contribution in [2.24, 2.45) is 0 Å². The smallest absolute Gasteiger partial charge is 0.322 e. The van der Waals surface area contributed by atoms with Gasteiger partial charge in [-0.25, -0.2) is 14.2 Å². The van der Waals surface area contributed by atoms with Gasteiger partial charge in [-0.1, -0.05) is 11.6 Å². The van der Waals surface area contributed by atoms with E-state index in [0.717, 1.165) is 12.3 Å². The number of imide groups is 1. The molecule has 2 N–H and O–H groups in total. The van der Waals surface area contributed by atoms with E-state index in [-0.39, 0.29) is 30.2 Å². The van der Waals surface area contributed by atoms with Crippen LogP contribution in [0, 0.1) is 5.82 Å². The van der Waals surface area contributed by atoms with Crippen LogP contribution >= 0.6 is 11.6 Å². The summed E-state index contributed by atoms with van der Waals surface area (Å²) in [6.07, 6.45) is 1.20. The van der Waals surface area contributed by atoms with E-state index in [1.54, 1.807) is 0 Å². The van der Waals surface area contributed by atoms with E-state index in [1.165, 1.54) is 4.90 Å². The van der Waals surface area contributed by atoms with Crippen LogP contribution in [0.2, 0.25) is 5.15 Å². The third-order valence-electron chi connectivity index (χ3n) is 3.61. The summed E-state index contributed by atoms with van der Waals surface area (Å²) in [4.78, 5) is 40.3. The van der Waals surface area contributed by atoms with Gasteiger partial charge in [-0.05, 0) is 12.5 Å². The van der Waals surface area contributed by atoms with Gasteiger partial charge in [0, 0.05) is 6.54 Å². The summed E-state index contributed by atoms with van der Waals surface area (Å²) in [6.45, 7) is 0.260. The van der Waals surface area contributed by atoms with E-state index in [2.05, 4.69) is 15.6 Å². The van der Waals surface area contributed by atoms with Crippen molar-refractivity contribution >= 4 is 29.4 Å². The van der Waals surface area contributed by atoms with E-state index in [9.17, 15) is 18.8 Å². The second kappa shape index (κ2) is 4.66. The van der Waals surface area contributed by atoms with Gasteiger partial charge in [0.15, 0.2) is 0 Å². The number of pyridine rings is 1. The molecule has 0 aliphatic carbocycles. The first kappa shape index (κ1) is 13.7. The normalized spacial score (nSPS) is 24.4. The van der Waals surface area contributed by atoms with E-state index >= 15 is 0 Å². The van der Waals surface area contributed by atoms with Crippen LogP contribution in [0.4, 0.5) is 9.18 Å². The lowest BCUT2D eigenvalue weighted by molar-refractivity contribution is -0.123. The van der Waals surface area contributed by atoms with Gasteiger partial charge in [0.05, 0.1) is 18.3 Å². The number of rotatable bonds is 1. The molecule has 3 heterocycles. The number of nitrogens with zero attached hydrogens (tertiary/aromatic N) is 2. The van der Waals surface area contributed by atoms with Crippen molar-refractivity contribution in [2.45, 2.75) is 12.0 Å². The molecule has 1 spiro atoms. The minimum Gasteiger partial charge on any atom is -0.336 e. The third kappa shape index (κ3) is 2.21. The van der Waals surface area contributed by atoms with Crippen molar-refractivity contribution in [1.82, 2.24) is 20.5 Å². The summed E-state index contributed by atoms with van der Waals surface area (Å²) in [7, 11) is 0. The molecule has 0 saturated carbocycles. The molecule has 2 aliphatic heterocycles. The molecule has 21 heavy (non-hydrogen) atoms. The maximum absolute atomic E-state index is 13.2. The Morgan fingerprint density at radius 1 is 1.48 bits per heavy atom. The highest BCUT2D eigenvalue weighted by Gasteiger charge is 2.51. The van der Waals surface area contributed by atoms with E-state index < -0.39 is 29.2 Å². The minimum absolute atomic E-state index is 0.0102. The van der Waals surface area contributed by atoms with Crippen LogP contribution in [0.25, 0.3) is 0 Å². The van der Waals surface area contributed by atoms with Crippen LogP contribution in [0.5, 0.6) is 0 Å². The number of nitrogens with one attached hydrogen (secondary N) is 2. The lowest BCUT2D eigenvalue weighted by Gasteiger charge is -2.21. The van der Waals surface area contributed by atoms with Gasteiger partial charge in [0.25, 0.3) is 11.8 Å². The fraction of sp³-hybridized carbons (Fsp3) is 0.333. The fourth-order valence-corrected chi connectivity index (χ4v) is 2.73. The monoisotopic (exact) mass is 312 g/mol. The van der Waals surface area contributed by atoms with Crippen molar-refractivity contribution in [1.29, 1.82) is 0 Å². The summed E-state index contributed by atoms with van der Waals surface area (Å²) >= 11 is 5.80. The maximum Gasteiger partial charge on any atom is 0.322 e. The Morgan fingerprint density at radius 3 is 2.90 bits per heavy atom. The van der Waals surface area contributed by atoms with Gasteiger partial charge in [0.2, 0.25) is 0 Å². The van der Waals surface area contributed by atoms with Crippen LogP contribution in [0.15, 0.2) is 12.3 Å². The molecule has 2 aliphatic rings. The summed E-state index contributed by atoms with van der Waals surface area (Å²) in [5.74, 6) is -1.67. The molecule has 7 nitrogen and oxygen atoms in total. The van der Waals surface area contributed by atoms with Crippen molar-refractivity contribution < 1.29 is 18.8 Å². The largest absolute Gasteiger partial charge is 0.336 e. The first-order valence-corrected chi connectivity index (χ1v) is 6.53. The molecule has 1 unspecified atom stereocenters. The molecule has 110 valence electrons. The highest BCUT2D eigenvalue weighted by Crippen LogP contribution is 2.27. The van der Waals surface area contributed by atoms with Crippen LogP contribution in [0.1, 0.15) is 16.8 Å². The predicted octanol–water partition coefficient (Wildman–Crippen LogP) is 0.298. The standard InChI is InChI=1S/C12H10ClFN4O3/c13-8-7(3-6(14)4-15-8)9(19)18-2-1-12(5-18)10(20)16-11(21)17-12/h3-4H,1-2,5H2,(H2,16,17,20,21). The molecule has 2 saturated heterocycles. The Bertz CT molecular complexity index is 668. The Hall–Kier alpha value is -2.22. The summed E-state index contributed by atoms with van der Waals surface area (Å²) < 4.78 is 13.2. The van der Waals surface area contributed by atoms with Crippen LogP contribution in [-0.4, -0.2) is 46.4 Å². The Kier molecular flexibility index (Phi) is 3.05. The molecule has 1 aromatic rings. The van der Waals surface area contributed by atoms with Gasteiger partial charge < -0.3 is 10.2 Å². The van der Waals surface area contributed by atoms with Gasteiger partial charge in [-0.3, -0.25) is 14.9 Å². The van der Waals surface area contributed by atoms with Crippen molar-refractivity contribution in [3.05, 3.63) is 28.8 Å². The summed E-state index contributed by atoms with van der Waals surface area (Å²) in [6, 6.07) is 0.412. The number of halogens is 2. The number of aromatic nitrogens is 1. The highest BCUT2D eigenvalue weighted by atomic mass is 35.5. The van der Waals surface area contributed by atoms with Crippen LogP contribution in [0.3, 0.4) is 0 Å². The highest BCUT2D eigenvalue weighted by molar-refractivity contribution is 6.32. The zero-order valence-corrected chi connectivity index (χ0v) is 11.4. The molecule has 1 atom stereocenters. The van der Waals surface area contributed by atoms with Crippen molar-refractivity contribution in [2.75, 3.05) is 13.1 Å². The first-order chi connectivity index (χ1) is 9.91. The van der Waals surface area contributed by atoms with Crippen molar-refractivity contribution in [3.63, 3.8) is 0 Å². The molecule has 4 amide bonds. The number of hydrogen-bond donors (Lipinski definition) is 2. The Labute approximate surface area is 123 Å². The van der Waals surface area contributed by atoms with Crippen LogP contribution in [-0.2, 0) is 4.79 Å². The second-order valence-corrected chi connectivity index (χ2v) is 5.32. The molecule has 3 rings (SSSR count). The molecule has 0 aromatic carbocycles.